The Morgan fingerprint density at radius 3 is 2.06 bits per heavy atom. The number of hydrogen-bond donors (Lipinski definition) is 1. The average molecular weight is 418 g/mol. The Hall–Kier alpha value is -3.11. The van der Waals surface area contributed by atoms with Crippen molar-refractivity contribution in [1.82, 2.24) is 5.32 Å². The largest absolute Gasteiger partial charge is 0.494 e. The summed E-state index contributed by atoms with van der Waals surface area (Å²) in [5.41, 5.74) is 3.60. The molecule has 0 heterocycles. The highest BCUT2D eigenvalue weighted by Gasteiger charge is 2.03. The Labute approximate surface area is 185 Å². The van der Waals surface area contributed by atoms with Gasteiger partial charge in [0.25, 0.3) is 0 Å². The quantitative estimate of drug-likeness (QED) is 0.308. The summed E-state index contributed by atoms with van der Waals surface area (Å²) >= 11 is 0. The number of ether oxygens (including phenoxy) is 2. The molecule has 0 radical (unpaired) electrons. The topological polar surface area (TPSA) is 47.6 Å². The van der Waals surface area contributed by atoms with Crippen molar-refractivity contribution in [3.05, 3.63) is 102 Å². The maximum absolute atomic E-state index is 11.8. The zero-order valence-electron chi connectivity index (χ0n) is 18.0. The van der Waals surface area contributed by atoms with Crippen LogP contribution in [-0.4, -0.2) is 25.7 Å². The van der Waals surface area contributed by atoms with E-state index in [0.29, 0.717) is 26.2 Å². The van der Waals surface area contributed by atoms with Gasteiger partial charge in [-0.1, -0.05) is 72.8 Å². The van der Waals surface area contributed by atoms with Gasteiger partial charge in [0, 0.05) is 6.54 Å². The maximum atomic E-state index is 11.8. The molecule has 0 amide bonds. The molecule has 0 aliphatic heterocycles. The second-order valence-electron chi connectivity index (χ2n) is 7.51. The van der Waals surface area contributed by atoms with Crippen LogP contribution < -0.4 is 10.1 Å². The fourth-order valence-electron chi connectivity index (χ4n) is 3.20. The van der Waals surface area contributed by atoms with Crippen molar-refractivity contribution in [3.63, 3.8) is 0 Å². The third-order valence-corrected chi connectivity index (χ3v) is 4.94. The minimum absolute atomic E-state index is 0.171. The molecule has 0 aliphatic rings. The molecule has 1 N–H and O–H groups in total. The van der Waals surface area contributed by atoms with Crippen molar-refractivity contribution in [3.8, 4) is 5.75 Å². The smallest absolute Gasteiger partial charge is 0.307 e. The van der Waals surface area contributed by atoms with Crippen molar-refractivity contribution in [2.24, 2.45) is 0 Å². The molecule has 0 aliphatic carbocycles. The fraction of sp³-hybridized carbons (Fsp3) is 0.296. The van der Waals surface area contributed by atoms with E-state index < -0.39 is 0 Å². The van der Waals surface area contributed by atoms with Crippen LogP contribution in [0.3, 0.4) is 0 Å². The van der Waals surface area contributed by atoms with Gasteiger partial charge in [0.05, 0.1) is 13.0 Å². The third-order valence-electron chi connectivity index (χ3n) is 4.94. The maximum Gasteiger partial charge on any atom is 0.307 e. The molecule has 0 spiro atoms. The fourth-order valence-corrected chi connectivity index (χ4v) is 3.20. The molecule has 4 heteroatoms. The van der Waals surface area contributed by atoms with Crippen LogP contribution in [0.2, 0.25) is 0 Å². The van der Waals surface area contributed by atoms with Crippen LogP contribution in [0.5, 0.6) is 5.75 Å². The number of unbranched alkanes of at least 4 members (excludes halogenated alkanes) is 1. The Balaban J connectivity index is 1.19. The summed E-state index contributed by atoms with van der Waals surface area (Å²) in [5, 5.41) is 3.29. The molecule has 0 atom stereocenters. The summed E-state index contributed by atoms with van der Waals surface area (Å²) in [6.45, 7) is 2.53. The molecule has 0 bridgehead atoms. The Morgan fingerprint density at radius 2 is 1.35 bits per heavy atom. The Kier molecular flexibility index (Phi) is 9.64. The SMILES string of the molecule is O=C(CCNCCCCOc1ccc(Cc2ccccc2)cc1)OCc1ccccc1. The Morgan fingerprint density at radius 1 is 0.710 bits per heavy atom. The van der Waals surface area contributed by atoms with Crippen molar-refractivity contribution in [1.29, 1.82) is 0 Å². The van der Waals surface area contributed by atoms with E-state index in [0.717, 1.165) is 37.1 Å². The molecular weight excluding hydrogens is 386 g/mol. The van der Waals surface area contributed by atoms with Gasteiger partial charge in [-0.25, -0.2) is 0 Å². The van der Waals surface area contributed by atoms with E-state index in [2.05, 4.69) is 41.7 Å². The molecule has 0 saturated carbocycles. The molecule has 162 valence electrons. The van der Waals surface area contributed by atoms with E-state index in [9.17, 15) is 4.79 Å². The first-order valence-corrected chi connectivity index (χ1v) is 11.0. The average Bonchev–Trinajstić information content (AvgIpc) is 2.82. The molecule has 0 fully saturated rings. The first-order valence-electron chi connectivity index (χ1n) is 11.0. The van der Waals surface area contributed by atoms with Crippen molar-refractivity contribution < 1.29 is 14.3 Å². The van der Waals surface area contributed by atoms with E-state index in [1.165, 1.54) is 11.1 Å². The number of carbonyl (C=O) groups is 1. The minimum Gasteiger partial charge on any atom is -0.494 e. The summed E-state index contributed by atoms with van der Waals surface area (Å²) in [6.07, 6.45) is 3.30. The van der Waals surface area contributed by atoms with E-state index in [1.54, 1.807) is 0 Å². The summed E-state index contributed by atoms with van der Waals surface area (Å²) in [5.74, 6) is 0.737. The lowest BCUT2D eigenvalue weighted by Gasteiger charge is -2.08. The van der Waals surface area contributed by atoms with E-state index in [4.69, 9.17) is 9.47 Å². The monoisotopic (exact) mass is 417 g/mol. The number of rotatable bonds is 13. The molecule has 3 aromatic rings. The lowest BCUT2D eigenvalue weighted by atomic mass is 10.1. The molecule has 0 saturated heterocycles. The van der Waals surface area contributed by atoms with Gasteiger partial charge < -0.3 is 14.8 Å². The van der Waals surface area contributed by atoms with Crippen LogP contribution >= 0.6 is 0 Å². The van der Waals surface area contributed by atoms with Gasteiger partial charge >= 0.3 is 5.97 Å². The molecular formula is C27H31NO3. The summed E-state index contributed by atoms with van der Waals surface area (Å²) in [4.78, 5) is 11.8. The molecule has 3 aromatic carbocycles. The summed E-state index contributed by atoms with van der Waals surface area (Å²) < 4.78 is 11.1. The van der Waals surface area contributed by atoms with Crippen LogP contribution in [0.15, 0.2) is 84.9 Å². The van der Waals surface area contributed by atoms with Crippen molar-refractivity contribution >= 4 is 5.97 Å². The molecule has 3 rings (SSSR count). The van der Waals surface area contributed by atoms with Crippen LogP contribution in [0.1, 0.15) is 36.0 Å². The second kappa shape index (κ2) is 13.2. The van der Waals surface area contributed by atoms with Gasteiger partial charge in [-0.3, -0.25) is 4.79 Å². The number of nitrogens with one attached hydrogen (secondary N) is 1. The van der Waals surface area contributed by atoms with Crippen LogP contribution in [0, 0.1) is 0 Å². The molecule has 0 unspecified atom stereocenters. The summed E-state index contributed by atoms with van der Waals surface area (Å²) in [6, 6.07) is 28.5. The minimum atomic E-state index is -0.171. The Bertz CT molecular complexity index is 879. The molecule has 0 aromatic heterocycles. The zero-order chi connectivity index (χ0) is 21.6. The van der Waals surface area contributed by atoms with E-state index >= 15 is 0 Å². The normalized spacial score (nSPS) is 10.6. The number of hydrogen-bond acceptors (Lipinski definition) is 4. The lowest BCUT2D eigenvalue weighted by molar-refractivity contribution is -0.144. The van der Waals surface area contributed by atoms with Gasteiger partial charge in [-0.2, -0.15) is 0 Å². The zero-order valence-corrected chi connectivity index (χ0v) is 18.0. The van der Waals surface area contributed by atoms with Crippen molar-refractivity contribution in [2.75, 3.05) is 19.7 Å². The lowest BCUT2D eigenvalue weighted by Crippen LogP contribution is -2.20. The third kappa shape index (κ3) is 9.06. The molecule has 4 nitrogen and oxygen atoms in total. The van der Waals surface area contributed by atoms with Crippen LogP contribution in [-0.2, 0) is 22.6 Å². The number of carbonyl (C=O) groups excluding carboxylic acids is 1. The predicted octanol–water partition coefficient (Wildman–Crippen LogP) is 5.16. The predicted molar refractivity (Wildman–Crippen MR) is 124 cm³/mol. The highest BCUT2D eigenvalue weighted by Crippen LogP contribution is 2.15. The van der Waals surface area contributed by atoms with Crippen LogP contribution in [0.25, 0.3) is 0 Å². The second-order valence-corrected chi connectivity index (χ2v) is 7.51. The van der Waals surface area contributed by atoms with Gasteiger partial charge in [0.2, 0.25) is 0 Å². The first kappa shape index (κ1) is 22.6. The van der Waals surface area contributed by atoms with Crippen LogP contribution in [0.4, 0.5) is 0 Å². The standard InChI is InChI=1S/C27H31NO3/c29-27(31-22-25-11-5-2-6-12-25)17-19-28-18-7-8-20-30-26-15-13-24(14-16-26)21-23-9-3-1-4-10-23/h1-6,9-16,28H,7-8,17-22H2. The summed E-state index contributed by atoms with van der Waals surface area (Å²) in [7, 11) is 0. The highest BCUT2D eigenvalue weighted by atomic mass is 16.5. The van der Waals surface area contributed by atoms with E-state index in [-0.39, 0.29) is 5.97 Å². The van der Waals surface area contributed by atoms with Gasteiger partial charge in [-0.15, -0.1) is 0 Å². The van der Waals surface area contributed by atoms with Crippen molar-refractivity contribution in [2.45, 2.75) is 32.3 Å². The van der Waals surface area contributed by atoms with Gasteiger partial charge in [-0.05, 0) is 54.6 Å². The number of benzene rings is 3. The highest BCUT2D eigenvalue weighted by molar-refractivity contribution is 5.69. The van der Waals surface area contributed by atoms with E-state index in [1.807, 2.05) is 48.5 Å². The van der Waals surface area contributed by atoms with Gasteiger partial charge in [0.1, 0.15) is 12.4 Å². The molecule has 31 heavy (non-hydrogen) atoms. The van der Waals surface area contributed by atoms with Gasteiger partial charge in [0.15, 0.2) is 0 Å². The number of esters is 1. The first-order chi connectivity index (χ1) is 15.3.